The van der Waals surface area contributed by atoms with Crippen LogP contribution in [-0.4, -0.2) is 22.9 Å². The Morgan fingerprint density at radius 2 is 1.68 bits per heavy atom. The van der Waals surface area contributed by atoms with Crippen molar-refractivity contribution in [2.45, 2.75) is 58.2 Å². The highest BCUT2D eigenvalue weighted by molar-refractivity contribution is 6.04. The van der Waals surface area contributed by atoms with Crippen LogP contribution >= 0.6 is 0 Å². The van der Waals surface area contributed by atoms with E-state index in [9.17, 15) is 4.79 Å². The highest BCUT2D eigenvalue weighted by Gasteiger charge is 2.24. The van der Waals surface area contributed by atoms with Crippen molar-refractivity contribution in [3.8, 4) is 0 Å². The molecule has 0 heterocycles. The van der Waals surface area contributed by atoms with Crippen LogP contribution in [0.2, 0.25) is 0 Å². The van der Waals surface area contributed by atoms with E-state index in [-0.39, 0.29) is 5.91 Å². The Morgan fingerprint density at radius 3 is 2.28 bits per heavy atom. The zero-order valence-corrected chi connectivity index (χ0v) is 15.2. The summed E-state index contributed by atoms with van der Waals surface area (Å²) >= 11 is 0. The summed E-state index contributed by atoms with van der Waals surface area (Å²) in [5.41, 5.74) is 2.80. The molecule has 0 unspecified atom stereocenters. The van der Waals surface area contributed by atoms with Gasteiger partial charge in [-0.2, -0.15) is 0 Å². The van der Waals surface area contributed by atoms with Crippen molar-refractivity contribution in [2.24, 2.45) is 0 Å². The summed E-state index contributed by atoms with van der Waals surface area (Å²) in [6.45, 7) is 5.52. The third kappa shape index (κ3) is 4.70. The summed E-state index contributed by atoms with van der Waals surface area (Å²) < 4.78 is 0. The van der Waals surface area contributed by atoms with E-state index in [0.717, 1.165) is 12.2 Å². The molecule has 25 heavy (non-hydrogen) atoms. The zero-order valence-electron chi connectivity index (χ0n) is 15.2. The van der Waals surface area contributed by atoms with Crippen LogP contribution < -0.4 is 5.32 Å². The van der Waals surface area contributed by atoms with E-state index in [4.69, 9.17) is 0 Å². The molecule has 3 heteroatoms. The van der Waals surface area contributed by atoms with Gasteiger partial charge in [0.2, 0.25) is 0 Å². The zero-order chi connectivity index (χ0) is 17.6. The van der Waals surface area contributed by atoms with Crippen LogP contribution in [0.5, 0.6) is 0 Å². The molecule has 2 aromatic carbocycles. The second-order valence-electron chi connectivity index (χ2n) is 7.22. The van der Waals surface area contributed by atoms with Gasteiger partial charge in [-0.3, -0.25) is 9.69 Å². The molecule has 0 aliphatic heterocycles. The molecular formula is C22H28N2O. The summed E-state index contributed by atoms with van der Waals surface area (Å²) in [7, 11) is 0. The number of hydrogen-bond acceptors (Lipinski definition) is 2. The molecule has 1 fully saturated rings. The molecule has 1 aliphatic rings. The topological polar surface area (TPSA) is 32.3 Å². The Kier molecular flexibility index (Phi) is 5.87. The Balaban J connectivity index is 1.64. The third-order valence-corrected chi connectivity index (χ3v) is 5.07. The Morgan fingerprint density at radius 1 is 1.04 bits per heavy atom. The third-order valence-electron chi connectivity index (χ3n) is 5.07. The maximum atomic E-state index is 12.3. The van der Waals surface area contributed by atoms with Gasteiger partial charge in [-0.15, -0.1) is 0 Å². The highest BCUT2D eigenvalue weighted by Crippen LogP contribution is 2.26. The maximum absolute atomic E-state index is 12.3. The SMILES string of the molecule is CC(C)N(Cc1ccc(C(=O)Nc2ccccc2)cc1)C1CCCC1. The summed E-state index contributed by atoms with van der Waals surface area (Å²) in [5, 5.41) is 2.93. The first kappa shape index (κ1) is 17.7. The van der Waals surface area contributed by atoms with Crippen molar-refractivity contribution in [3.63, 3.8) is 0 Å². The number of anilines is 1. The Labute approximate surface area is 151 Å². The largest absolute Gasteiger partial charge is 0.322 e. The van der Waals surface area contributed by atoms with Crippen LogP contribution in [0.3, 0.4) is 0 Å². The van der Waals surface area contributed by atoms with Crippen molar-refractivity contribution in [2.75, 3.05) is 5.32 Å². The number of para-hydroxylation sites is 1. The Bertz CT molecular complexity index is 673. The number of nitrogens with one attached hydrogen (secondary N) is 1. The highest BCUT2D eigenvalue weighted by atomic mass is 16.1. The number of rotatable bonds is 6. The molecule has 0 spiro atoms. The van der Waals surface area contributed by atoms with Crippen molar-refractivity contribution < 1.29 is 4.79 Å². The first-order valence-corrected chi connectivity index (χ1v) is 9.34. The number of benzene rings is 2. The lowest BCUT2D eigenvalue weighted by Gasteiger charge is -2.32. The standard InChI is InChI=1S/C22H28N2O/c1-17(2)24(21-10-6-7-11-21)16-18-12-14-19(15-13-18)22(25)23-20-8-4-3-5-9-20/h3-5,8-9,12-15,17,21H,6-7,10-11,16H2,1-2H3,(H,23,25). The molecule has 1 saturated carbocycles. The molecule has 1 N–H and O–H groups in total. The second kappa shape index (κ2) is 8.30. The minimum atomic E-state index is -0.0609. The van der Waals surface area contributed by atoms with Crippen LogP contribution in [-0.2, 0) is 6.54 Å². The van der Waals surface area contributed by atoms with Gasteiger partial charge >= 0.3 is 0 Å². The molecular weight excluding hydrogens is 308 g/mol. The van der Waals surface area contributed by atoms with E-state index in [1.165, 1.54) is 31.2 Å². The fourth-order valence-electron chi connectivity index (χ4n) is 3.67. The number of hydrogen-bond donors (Lipinski definition) is 1. The normalized spacial score (nSPS) is 15.0. The van der Waals surface area contributed by atoms with E-state index in [0.29, 0.717) is 17.6 Å². The summed E-state index contributed by atoms with van der Waals surface area (Å²) in [6.07, 6.45) is 5.34. The van der Waals surface area contributed by atoms with E-state index >= 15 is 0 Å². The lowest BCUT2D eigenvalue weighted by Crippen LogP contribution is -2.38. The van der Waals surface area contributed by atoms with Gasteiger partial charge in [0.1, 0.15) is 0 Å². The predicted octanol–water partition coefficient (Wildman–Crippen LogP) is 5.09. The maximum Gasteiger partial charge on any atom is 0.255 e. The molecule has 0 saturated heterocycles. The van der Waals surface area contributed by atoms with Crippen molar-refractivity contribution >= 4 is 11.6 Å². The molecule has 0 aromatic heterocycles. The monoisotopic (exact) mass is 336 g/mol. The quantitative estimate of drug-likeness (QED) is 0.796. The number of carbonyl (C=O) groups is 1. The number of nitrogens with zero attached hydrogens (tertiary/aromatic N) is 1. The van der Waals surface area contributed by atoms with Gasteiger partial charge in [0.25, 0.3) is 5.91 Å². The predicted molar refractivity (Wildman–Crippen MR) is 104 cm³/mol. The molecule has 0 radical (unpaired) electrons. The van der Waals surface area contributed by atoms with Gasteiger partial charge in [0.15, 0.2) is 0 Å². The fourth-order valence-corrected chi connectivity index (χ4v) is 3.67. The van der Waals surface area contributed by atoms with Crippen LogP contribution in [0.1, 0.15) is 55.5 Å². The van der Waals surface area contributed by atoms with Crippen molar-refractivity contribution in [3.05, 3.63) is 65.7 Å². The second-order valence-corrected chi connectivity index (χ2v) is 7.22. The smallest absolute Gasteiger partial charge is 0.255 e. The first-order chi connectivity index (χ1) is 12.1. The minimum absolute atomic E-state index is 0.0609. The van der Waals surface area contributed by atoms with Gasteiger partial charge in [-0.1, -0.05) is 43.2 Å². The molecule has 1 aliphatic carbocycles. The lowest BCUT2D eigenvalue weighted by atomic mass is 10.1. The first-order valence-electron chi connectivity index (χ1n) is 9.34. The van der Waals surface area contributed by atoms with Gasteiger partial charge in [0, 0.05) is 29.9 Å². The molecule has 1 amide bonds. The van der Waals surface area contributed by atoms with Gasteiger partial charge in [-0.25, -0.2) is 0 Å². The van der Waals surface area contributed by atoms with E-state index in [1.54, 1.807) is 0 Å². The van der Waals surface area contributed by atoms with E-state index in [1.807, 2.05) is 42.5 Å². The van der Waals surface area contributed by atoms with Gasteiger partial charge in [-0.05, 0) is 56.5 Å². The molecule has 3 rings (SSSR count). The van der Waals surface area contributed by atoms with Crippen LogP contribution in [0.15, 0.2) is 54.6 Å². The van der Waals surface area contributed by atoms with Crippen LogP contribution in [0.25, 0.3) is 0 Å². The van der Waals surface area contributed by atoms with E-state index < -0.39 is 0 Å². The number of amides is 1. The molecule has 132 valence electrons. The summed E-state index contributed by atoms with van der Waals surface area (Å²) in [6, 6.07) is 18.9. The van der Waals surface area contributed by atoms with Crippen molar-refractivity contribution in [1.82, 2.24) is 4.90 Å². The average Bonchev–Trinajstić information content (AvgIpc) is 3.15. The molecule has 0 atom stereocenters. The average molecular weight is 336 g/mol. The number of carbonyl (C=O) groups excluding carboxylic acids is 1. The lowest BCUT2D eigenvalue weighted by molar-refractivity contribution is 0.102. The van der Waals surface area contributed by atoms with Gasteiger partial charge in [0.05, 0.1) is 0 Å². The van der Waals surface area contributed by atoms with Gasteiger partial charge < -0.3 is 5.32 Å². The fraction of sp³-hybridized carbons (Fsp3) is 0.409. The minimum Gasteiger partial charge on any atom is -0.322 e. The molecule has 0 bridgehead atoms. The Hall–Kier alpha value is -2.13. The summed E-state index contributed by atoms with van der Waals surface area (Å²) in [5.74, 6) is -0.0609. The molecule has 3 nitrogen and oxygen atoms in total. The van der Waals surface area contributed by atoms with Crippen molar-refractivity contribution in [1.29, 1.82) is 0 Å². The van der Waals surface area contributed by atoms with Crippen LogP contribution in [0, 0.1) is 0 Å². The molecule has 2 aromatic rings. The summed E-state index contributed by atoms with van der Waals surface area (Å²) in [4.78, 5) is 14.9. The van der Waals surface area contributed by atoms with E-state index in [2.05, 4.69) is 36.2 Å². The van der Waals surface area contributed by atoms with Crippen LogP contribution in [0.4, 0.5) is 5.69 Å².